The molecule has 0 amide bonds. The highest BCUT2D eigenvalue weighted by Gasteiger charge is 2.78. The van der Waals surface area contributed by atoms with Crippen molar-refractivity contribution in [2.75, 3.05) is 0 Å². The molecule has 0 radical (unpaired) electrons. The number of fused-ring (bicyclic) bond motifs is 2. The van der Waals surface area contributed by atoms with Gasteiger partial charge >= 0.3 is 5.97 Å². The summed E-state index contributed by atoms with van der Waals surface area (Å²) >= 11 is 0. The fraction of sp³-hybridized carbons (Fsp3) is 0.714. The maximum Gasteiger partial charge on any atom is 0.303 e. The van der Waals surface area contributed by atoms with E-state index in [-0.39, 0.29) is 46.1 Å². The highest BCUT2D eigenvalue weighted by Crippen LogP contribution is 2.77. The first kappa shape index (κ1) is 21.6. The Kier molecular flexibility index (Phi) is 4.20. The van der Waals surface area contributed by atoms with E-state index >= 15 is 0 Å². The van der Waals surface area contributed by atoms with E-state index in [2.05, 4.69) is 32.9 Å². The van der Waals surface area contributed by atoms with Crippen LogP contribution in [0.4, 0.5) is 0 Å². The van der Waals surface area contributed by atoms with Gasteiger partial charge in [-0.15, -0.1) is 0 Å². The highest BCUT2D eigenvalue weighted by molar-refractivity contribution is 5.96. The van der Waals surface area contributed by atoms with Crippen molar-refractivity contribution in [3.05, 3.63) is 36.3 Å². The number of furan rings is 1. The Balaban J connectivity index is 1.52. The standard InChI is InChI=1S/C28H36O5/c1-15(29)32-21-23-25(2,3)20(30)8-11-27(23,5)19-7-10-26(4)17(16-9-12-31-14-16)13-18-22(26)28(19,6)24(21)33-18/h8-9,11-12,14,17-19,21-24H,7,10,13H2,1-6H3/t17-,18-,19+,21+,22?,23-,24-,26-,27+,28?/m0/s1. The van der Waals surface area contributed by atoms with Crippen LogP contribution in [-0.4, -0.2) is 30.1 Å². The molecule has 5 heteroatoms. The van der Waals surface area contributed by atoms with Gasteiger partial charge in [-0.2, -0.15) is 0 Å². The summed E-state index contributed by atoms with van der Waals surface area (Å²) < 4.78 is 18.6. The van der Waals surface area contributed by atoms with Crippen LogP contribution in [0.25, 0.3) is 0 Å². The molecule has 0 bridgehead atoms. The monoisotopic (exact) mass is 452 g/mol. The number of allylic oxidation sites excluding steroid dienone is 2. The van der Waals surface area contributed by atoms with Crippen LogP contribution in [0.1, 0.15) is 72.3 Å². The van der Waals surface area contributed by atoms with Crippen molar-refractivity contribution in [1.29, 1.82) is 0 Å². The molecule has 1 aromatic heterocycles. The Hall–Kier alpha value is -1.88. The summed E-state index contributed by atoms with van der Waals surface area (Å²) in [5.41, 5.74) is 0.377. The minimum Gasteiger partial charge on any atom is -0.472 e. The Morgan fingerprint density at radius 2 is 1.91 bits per heavy atom. The van der Waals surface area contributed by atoms with Gasteiger partial charge in [0.05, 0.1) is 18.6 Å². The second-order valence-corrected chi connectivity index (χ2v) is 12.7. The molecule has 2 heterocycles. The molecule has 1 aromatic rings. The Morgan fingerprint density at radius 1 is 1.15 bits per heavy atom. The third-order valence-electron chi connectivity index (χ3n) is 11.0. The largest absolute Gasteiger partial charge is 0.472 e. The van der Waals surface area contributed by atoms with Gasteiger partial charge in [-0.25, -0.2) is 0 Å². The van der Waals surface area contributed by atoms with E-state index in [0.717, 1.165) is 19.3 Å². The summed E-state index contributed by atoms with van der Waals surface area (Å²) in [7, 11) is 0. The van der Waals surface area contributed by atoms with E-state index in [1.54, 1.807) is 12.3 Å². The molecule has 10 atom stereocenters. The van der Waals surface area contributed by atoms with Gasteiger partial charge in [-0.05, 0) is 65.6 Å². The minimum atomic E-state index is -0.619. The maximum atomic E-state index is 13.1. The predicted molar refractivity (Wildman–Crippen MR) is 122 cm³/mol. The van der Waals surface area contributed by atoms with Gasteiger partial charge < -0.3 is 13.9 Å². The minimum absolute atomic E-state index is 0.0994. The number of ether oxygens (including phenoxy) is 2. The zero-order valence-electron chi connectivity index (χ0n) is 20.6. The number of esters is 1. The molecule has 1 saturated heterocycles. The number of carbonyl (C=O) groups excluding carboxylic acids is 2. The lowest BCUT2D eigenvalue weighted by Crippen LogP contribution is -2.69. The maximum absolute atomic E-state index is 13.1. The van der Waals surface area contributed by atoms with Crippen LogP contribution in [0.5, 0.6) is 0 Å². The second kappa shape index (κ2) is 6.41. The van der Waals surface area contributed by atoms with Gasteiger partial charge in [-0.1, -0.05) is 40.7 Å². The van der Waals surface area contributed by atoms with Crippen LogP contribution in [0.2, 0.25) is 0 Å². The lowest BCUT2D eigenvalue weighted by Gasteiger charge is -2.67. The molecule has 178 valence electrons. The van der Waals surface area contributed by atoms with Crippen LogP contribution in [-0.2, 0) is 19.1 Å². The lowest BCUT2D eigenvalue weighted by molar-refractivity contribution is -0.234. The molecule has 2 unspecified atom stereocenters. The summed E-state index contributed by atoms with van der Waals surface area (Å²) in [6, 6.07) is 2.11. The van der Waals surface area contributed by atoms with Crippen LogP contribution in [0.3, 0.4) is 0 Å². The number of rotatable bonds is 2. The number of hydrogen-bond acceptors (Lipinski definition) is 5. The first-order valence-corrected chi connectivity index (χ1v) is 12.5. The smallest absolute Gasteiger partial charge is 0.303 e. The van der Waals surface area contributed by atoms with E-state index in [9.17, 15) is 9.59 Å². The van der Waals surface area contributed by atoms with Gasteiger partial charge in [0.1, 0.15) is 12.2 Å². The average molecular weight is 453 g/mol. The highest BCUT2D eigenvalue weighted by atomic mass is 16.6. The lowest BCUT2D eigenvalue weighted by atomic mass is 9.37. The summed E-state index contributed by atoms with van der Waals surface area (Å²) in [6.07, 6.45) is 10.3. The fourth-order valence-electron chi connectivity index (χ4n) is 10.0. The molecule has 0 aromatic carbocycles. The zero-order chi connectivity index (χ0) is 23.6. The molecular weight excluding hydrogens is 416 g/mol. The Morgan fingerprint density at radius 3 is 2.58 bits per heavy atom. The van der Waals surface area contributed by atoms with Crippen molar-refractivity contribution in [2.24, 2.45) is 39.4 Å². The third kappa shape index (κ3) is 2.42. The topological polar surface area (TPSA) is 65.7 Å². The number of carbonyl (C=O) groups is 2. The molecule has 4 aliphatic carbocycles. The van der Waals surface area contributed by atoms with Gasteiger partial charge in [0.2, 0.25) is 0 Å². The van der Waals surface area contributed by atoms with Crippen LogP contribution in [0, 0.1) is 39.4 Å². The number of hydrogen-bond donors (Lipinski definition) is 0. The number of ketones is 1. The van der Waals surface area contributed by atoms with Crippen molar-refractivity contribution >= 4 is 11.8 Å². The van der Waals surface area contributed by atoms with E-state index in [0.29, 0.717) is 17.8 Å². The molecule has 1 aliphatic heterocycles. The molecule has 33 heavy (non-hydrogen) atoms. The third-order valence-corrected chi connectivity index (χ3v) is 11.0. The summed E-state index contributed by atoms with van der Waals surface area (Å²) in [5, 5.41) is 0. The molecule has 0 N–H and O–H groups in total. The molecule has 5 nitrogen and oxygen atoms in total. The van der Waals surface area contributed by atoms with Crippen LogP contribution < -0.4 is 0 Å². The summed E-state index contributed by atoms with van der Waals surface area (Å²) in [4.78, 5) is 25.4. The average Bonchev–Trinajstić information content (AvgIpc) is 3.40. The van der Waals surface area contributed by atoms with Crippen LogP contribution >= 0.6 is 0 Å². The molecule has 4 fully saturated rings. The quantitative estimate of drug-likeness (QED) is 0.569. The first-order valence-electron chi connectivity index (χ1n) is 12.5. The van der Waals surface area contributed by atoms with Gasteiger partial charge in [0.25, 0.3) is 0 Å². The van der Waals surface area contributed by atoms with Crippen LogP contribution in [0.15, 0.2) is 35.2 Å². The molecular formula is C28H36O5. The van der Waals surface area contributed by atoms with Gasteiger partial charge in [0, 0.05) is 23.7 Å². The SMILES string of the molecule is CC(=O)O[C@H]1[C@@H]2O[C@H]3C[C@@H](c4ccoc4)[C@]4(C)CC[C@@H](C2(C)C34)[C@@]2(C)C=CC(=O)C(C)(C)[C@H]12. The Labute approximate surface area is 196 Å². The van der Waals surface area contributed by atoms with Gasteiger partial charge in [0.15, 0.2) is 5.78 Å². The first-order chi connectivity index (χ1) is 15.5. The molecule has 0 spiro atoms. The van der Waals surface area contributed by atoms with E-state index in [1.165, 1.54) is 12.5 Å². The van der Waals surface area contributed by atoms with Crippen molar-refractivity contribution in [3.8, 4) is 0 Å². The second-order valence-electron chi connectivity index (χ2n) is 12.7. The van der Waals surface area contributed by atoms with Crippen molar-refractivity contribution < 1.29 is 23.5 Å². The van der Waals surface area contributed by atoms with Gasteiger partial charge in [-0.3, -0.25) is 9.59 Å². The summed E-state index contributed by atoms with van der Waals surface area (Å²) in [6.45, 7) is 12.7. The van der Waals surface area contributed by atoms with Crippen molar-refractivity contribution in [1.82, 2.24) is 0 Å². The fourth-order valence-corrected chi connectivity index (χ4v) is 10.0. The van der Waals surface area contributed by atoms with Crippen molar-refractivity contribution in [3.63, 3.8) is 0 Å². The predicted octanol–water partition coefficient (Wildman–Crippen LogP) is 5.31. The molecule has 5 aliphatic rings. The molecule has 6 rings (SSSR count). The van der Waals surface area contributed by atoms with E-state index in [1.807, 2.05) is 20.1 Å². The van der Waals surface area contributed by atoms with E-state index in [4.69, 9.17) is 13.9 Å². The zero-order valence-corrected chi connectivity index (χ0v) is 20.6. The normalized spacial score (nSPS) is 51.2. The summed E-state index contributed by atoms with van der Waals surface area (Å²) in [5.74, 6) is 0.854. The molecule has 3 saturated carbocycles. The van der Waals surface area contributed by atoms with E-state index < -0.39 is 11.5 Å². The van der Waals surface area contributed by atoms with Crippen molar-refractivity contribution in [2.45, 2.75) is 85.0 Å². The Bertz CT molecular complexity index is 1040.